The van der Waals surface area contributed by atoms with E-state index in [0.29, 0.717) is 11.8 Å². The number of benzene rings is 6. The summed E-state index contributed by atoms with van der Waals surface area (Å²) in [6, 6.07) is 39.6. The van der Waals surface area contributed by atoms with E-state index in [4.69, 9.17) is 8.83 Å². The number of nitrogens with zero attached hydrogens (tertiary/aromatic N) is 2. The fourth-order valence-corrected chi connectivity index (χ4v) is 8.72. The van der Waals surface area contributed by atoms with Gasteiger partial charge in [-0.2, -0.15) is 0 Å². The molecule has 2 aromatic heterocycles. The molecule has 0 bridgehead atoms. The summed E-state index contributed by atoms with van der Waals surface area (Å²) in [6.07, 6.45) is 1.02. The van der Waals surface area contributed by atoms with Crippen molar-refractivity contribution in [2.75, 3.05) is 6.23 Å². The van der Waals surface area contributed by atoms with Gasteiger partial charge in [0.05, 0.1) is 68.5 Å². The lowest BCUT2D eigenvalue weighted by Gasteiger charge is -2.20. The first-order chi connectivity index (χ1) is 24.7. The van der Waals surface area contributed by atoms with E-state index in [2.05, 4.69) is 203 Å². The SMILES string of the molecule is CCc1ccc(N(I)c2cccc3c2oc2c(C(C)C)ccc(-c4cc(N(I)c5cccc6c5oc5c(C(C)C)cccc56)ccc4C)c23)cc1. The Hall–Kier alpha value is -4.02. The van der Waals surface area contributed by atoms with Crippen LogP contribution in [-0.4, -0.2) is 0 Å². The Morgan fingerprint density at radius 1 is 0.549 bits per heavy atom. The molecule has 0 aliphatic rings. The molecule has 0 saturated carbocycles. The highest BCUT2D eigenvalue weighted by atomic mass is 127. The minimum absolute atomic E-state index is 0.306. The van der Waals surface area contributed by atoms with Crippen molar-refractivity contribution >= 4 is 112 Å². The molecule has 0 N–H and O–H groups in total. The van der Waals surface area contributed by atoms with Crippen molar-refractivity contribution in [3.05, 3.63) is 131 Å². The van der Waals surface area contributed by atoms with Gasteiger partial charge >= 0.3 is 0 Å². The molecule has 4 nitrogen and oxygen atoms in total. The summed E-state index contributed by atoms with van der Waals surface area (Å²) in [4.78, 5) is 0. The Bertz CT molecular complexity index is 2580. The molecule has 2 heterocycles. The Morgan fingerprint density at radius 3 is 1.76 bits per heavy atom. The molecule has 8 aromatic rings. The Kier molecular flexibility index (Phi) is 9.03. The van der Waals surface area contributed by atoms with E-state index in [0.717, 1.165) is 73.0 Å². The third kappa shape index (κ3) is 5.79. The van der Waals surface area contributed by atoms with E-state index in [1.807, 2.05) is 0 Å². The fourth-order valence-electron chi connectivity index (χ4n) is 7.34. The van der Waals surface area contributed by atoms with Gasteiger partial charge in [0.15, 0.2) is 11.2 Å². The zero-order valence-corrected chi connectivity index (χ0v) is 34.0. The monoisotopic (exact) mass is 894 g/mol. The summed E-state index contributed by atoms with van der Waals surface area (Å²) in [5.41, 5.74) is 15.4. The van der Waals surface area contributed by atoms with E-state index >= 15 is 0 Å². The Morgan fingerprint density at radius 2 is 1.10 bits per heavy atom. The van der Waals surface area contributed by atoms with Crippen LogP contribution >= 0.6 is 45.7 Å². The van der Waals surface area contributed by atoms with Crippen LogP contribution in [0.5, 0.6) is 0 Å². The number of rotatable bonds is 8. The van der Waals surface area contributed by atoms with Crippen molar-refractivity contribution in [1.82, 2.24) is 0 Å². The second-order valence-electron chi connectivity index (χ2n) is 14.0. The molecule has 0 fully saturated rings. The smallest absolute Gasteiger partial charge is 0.159 e. The van der Waals surface area contributed by atoms with Crippen molar-refractivity contribution < 1.29 is 8.83 Å². The Balaban J connectivity index is 1.28. The van der Waals surface area contributed by atoms with Crippen molar-refractivity contribution in [3.63, 3.8) is 0 Å². The number of furan rings is 2. The Labute approximate surface area is 327 Å². The molecule has 0 unspecified atom stereocenters. The van der Waals surface area contributed by atoms with E-state index in [1.54, 1.807) is 0 Å². The molecule has 51 heavy (non-hydrogen) atoms. The van der Waals surface area contributed by atoms with E-state index in [9.17, 15) is 0 Å². The van der Waals surface area contributed by atoms with Gasteiger partial charge in [-0.3, -0.25) is 6.23 Å². The number of hydrogen-bond acceptors (Lipinski definition) is 4. The van der Waals surface area contributed by atoms with Gasteiger partial charge in [-0.25, -0.2) is 0 Å². The minimum atomic E-state index is 0.306. The predicted octanol–water partition coefficient (Wildman–Crippen LogP) is 15.2. The molecule has 0 atom stereocenters. The average Bonchev–Trinajstić information content (AvgIpc) is 3.73. The van der Waals surface area contributed by atoms with Gasteiger partial charge in [0.25, 0.3) is 0 Å². The lowest BCUT2D eigenvalue weighted by Crippen LogP contribution is -2.02. The molecule has 0 radical (unpaired) electrons. The molecule has 0 aliphatic carbocycles. The minimum Gasteiger partial charge on any atom is -0.454 e. The second-order valence-corrected chi connectivity index (χ2v) is 16.0. The van der Waals surface area contributed by atoms with Gasteiger partial charge in [-0.15, -0.1) is 0 Å². The summed E-state index contributed by atoms with van der Waals surface area (Å²) in [5, 5.41) is 4.58. The highest BCUT2D eigenvalue weighted by molar-refractivity contribution is 14.1. The van der Waals surface area contributed by atoms with E-state index < -0.39 is 0 Å². The van der Waals surface area contributed by atoms with Crippen LogP contribution in [-0.2, 0) is 6.42 Å². The quantitative estimate of drug-likeness (QED) is 0.112. The fraction of sp³-hybridized carbons (Fsp3) is 0.200. The van der Waals surface area contributed by atoms with Crippen molar-refractivity contribution in [2.45, 2.75) is 59.8 Å². The van der Waals surface area contributed by atoms with E-state index in [-0.39, 0.29) is 0 Å². The van der Waals surface area contributed by atoms with Gasteiger partial charge in [0.1, 0.15) is 11.2 Å². The number of para-hydroxylation sites is 3. The first kappa shape index (κ1) is 34.1. The molecule has 0 amide bonds. The lowest BCUT2D eigenvalue weighted by atomic mass is 9.91. The lowest BCUT2D eigenvalue weighted by molar-refractivity contribution is 0.657. The van der Waals surface area contributed by atoms with Crippen LogP contribution in [0, 0.1) is 6.92 Å². The molecule has 256 valence electrons. The van der Waals surface area contributed by atoms with Crippen LogP contribution in [0.1, 0.15) is 68.7 Å². The number of aryl methyl sites for hydroxylation is 2. The summed E-state index contributed by atoms with van der Waals surface area (Å²) < 4.78 is 18.1. The zero-order chi connectivity index (χ0) is 35.6. The summed E-state index contributed by atoms with van der Waals surface area (Å²) >= 11 is 4.84. The van der Waals surface area contributed by atoms with Crippen LogP contribution in [0.3, 0.4) is 0 Å². The summed E-state index contributed by atoms with van der Waals surface area (Å²) in [5.74, 6) is 0.676. The van der Waals surface area contributed by atoms with Gasteiger partial charge in [-0.1, -0.05) is 107 Å². The molecule has 0 saturated heterocycles. The normalized spacial score (nSPS) is 12.0. The molecule has 8 rings (SSSR count). The third-order valence-electron chi connectivity index (χ3n) is 10.2. The van der Waals surface area contributed by atoms with Crippen LogP contribution in [0.15, 0.2) is 118 Å². The van der Waals surface area contributed by atoms with Crippen molar-refractivity contribution in [2.24, 2.45) is 0 Å². The van der Waals surface area contributed by atoms with Gasteiger partial charge in [-0.05, 0) is 95.0 Å². The standard InChI is InChI=1S/C45H40I2N2O2/c1-7-29-18-21-30(22-19-29)48(46)40-16-10-14-37-41-34(24-23-33(27(4)5)45(41)51-44(37)40)38-25-31(20-17-28(38)6)49(47)39-15-9-13-36-35-12-8-11-32(26(2)3)42(35)50-43(36)39/h8-27H,7H2,1-6H3. The van der Waals surface area contributed by atoms with Crippen LogP contribution in [0.25, 0.3) is 55.0 Å². The highest BCUT2D eigenvalue weighted by Gasteiger charge is 2.24. The molecular formula is C45H40I2N2O2. The van der Waals surface area contributed by atoms with Crippen molar-refractivity contribution in [3.8, 4) is 11.1 Å². The van der Waals surface area contributed by atoms with Gasteiger partial charge < -0.3 is 8.83 Å². The van der Waals surface area contributed by atoms with Crippen LogP contribution in [0.2, 0.25) is 0 Å². The highest BCUT2D eigenvalue weighted by Crippen LogP contribution is 2.47. The largest absolute Gasteiger partial charge is 0.454 e. The number of anilines is 4. The van der Waals surface area contributed by atoms with Crippen LogP contribution in [0.4, 0.5) is 22.7 Å². The maximum Gasteiger partial charge on any atom is 0.159 e. The third-order valence-corrected chi connectivity index (χ3v) is 12.3. The van der Waals surface area contributed by atoms with Gasteiger partial charge in [0, 0.05) is 21.5 Å². The molecule has 0 spiro atoms. The van der Waals surface area contributed by atoms with Gasteiger partial charge in [0.2, 0.25) is 0 Å². The maximum atomic E-state index is 6.95. The molecular weight excluding hydrogens is 854 g/mol. The number of hydrogen-bond donors (Lipinski definition) is 0. The first-order valence-corrected chi connectivity index (χ1v) is 19.6. The van der Waals surface area contributed by atoms with E-state index in [1.165, 1.54) is 33.4 Å². The molecule has 6 aromatic carbocycles. The maximum absolute atomic E-state index is 6.95. The van der Waals surface area contributed by atoms with Crippen LogP contribution < -0.4 is 6.23 Å². The summed E-state index contributed by atoms with van der Waals surface area (Å²) in [6.45, 7) is 13.3. The second kappa shape index (κ2) is 13.5. The number of halogens is 2. The topological polar surface area (TPSA) is 32.8 Å². The molecule has 0 aliphatic heterocycles. The number of fused-ring (bicyclic) bond motifs is 6. The molecule has 6 heteroatoms. The average molecular weight is 895 g/mol. The predicted molar refractivity (Wildman–Crippen MR) is 234 cm³/mol. The first-order valence-electron chi connectivity index (χ1n) is 17.7. The van der Waals surface area contributed by atoms with Crippen molar-refractivity contribution in [1.29, 1.82) is 0 Å². The summed E-state index contributed by atoms with van der Waals surface area (Å²) in [7, 11) is 0. The zero-order valence-electron chi connectivity index (χ0n) is 29.7.